The first-order valence-electron chi connectivity index (χ1n) is 6.79. The van der Waals surface area contributed by atoms with Crippen LogP contribution in [-0.2, 0) is 6.42 Å². The molecule has 0 bridgehead atoms. The Bertz CT molecular complexity index is 472. The summed E-state index contributed by atoms with van der Waals surface area (Å²) >= 11 is 3.41. The van der Waals surface area contributed by atoms with Crippen LogP contribution in [0.4, 0.5) is 0 Å². The largest absolute Gasteiger partial charge is 0.506 e. The Balaban J connectivity index is 1.86. The Morgan fingerprint density at radius 2 is 2.16 bits per heavy atom. The molecule has 5 heteroatoms. The molecule has 4 nitrogen and oxygen atoms in total. The van der Waals surface area contributed by atoms with E-state index in [1.54, 1.807) is 0 Å². The molecule has 2 heterocycles. The van der Waals surface area contributed by atoms with Crippen molar-refractivity contribution in [3.05, 3.63) is 16.1 Å². The second-order valence-electron chi connectivity index (χ2n) is 5.07. The molecule has 19 heavy (non-hydrogen) atoms. The van der Waals surface area contributed by atoms with Gasteiger partial charge in [-0.05, 0) is 47.8 Å². The van der Waals surface area contributed by atoms with Crippen molar-refractivity contribution in [2.45, 2.75) is 31.7 Å². The first-order valence-corrected chi connectivity index (χ1v) is 7.58. The number of fused-ring (bicyclic) bond motifs is 1. The maximum Gasteiger partial charge on any atom is 0.179 e. The molecule has 0 aliphatic carbocycles. The van der Waals surface area contributed by atoms with Gasteiger partial charge in [-0.25, -0.2) is 0 Å². The quantitative estimate of drug-likeness (QED) is 0.876. The zero-order chi connectivity index (χ0) is 13.2. The lowest BCUT2D eigenvalue weighted by Gasteiger charge is -2.26. The minimum absolute atomic E-state index is 0.275. The molecule has 0 spiro atoms. The summed E-state index contributed by atoms with van der Waals surface area (Å²) in [5.41, 5.74) is 0.913. The molecule has 1 fully saturated rings. The van der Waals surface area contributed by atoms with Gasteiger partial charge in [0.1, 0.15) is 23.4 Å². The van der Waals surface area contributed by atoms with E-state index in [2.05, 4.69) is 21.2 Å². The molecule has 1 aromatic rings. The number of nitrogens with one attached hydrogen (secondary N) is 1. The summed E-state index contributed by atoms with van der Waals surface area (Å²) < 4.78 is 11.7. The Morgan fingerprint density at radius 3 is 2.95 bits per heavy atom. The van der Waals surface area contributed by atoms with Crippen LogP contribution in [0.5, 0.6) is 17.2 Å². The lowest BCUT2D eigenvalue weighted by molar-refractivity contribution is 0.169. The standard InChI is InChI=1S/C14H18BrNO3/c15-12-13(17)9(7-10-3-1-2-4-16-10)8-11-14(12)19-6-5-18-11/h8,10,16-17H,1-7H2. The van der Waals surface area contributed by atoms with Gasteiger partial charge in [0.2, 0.25) is 0 Å². The third kappa shape index (κ3) is 2.67. The van der Waals surface area contributed by atoms with Crippen LogP contribution in [-0.4, -0.2) is 30.9 Å². The number of hydrogen-bond donors (Lipinski definition) is 2. The Hall–Kier alpha value is -0.940. The maximum atomic E-state index is 10.3. The first-order chi connectivity index (χ1) is 9.25. The van der Waals surface area contributed by atoms with Crippen molar-refractivity contribution in [2.75, 3.05) is 19.8 Å². The minimum atomic E-state index is 0.275. The van der Waals surface area contributed by atoms with Gasteiger partial charge in [-0.2, -0.15) is 0 Å². The summed E-state index contributed by atoms with van der Waals surface area (Å²) in [5.74, 6) is 1.61. The molecule has 1 unspecified atom stereocenters. The number of aromatic hydroxyl groups is 1. The van der Waals surface area contributed by atoms with Crippen LogP contribution in [0.2, 0.25) is 0 Å². The molecule has 2 aliphatic heterocycles. The molecule has 0 amide bonds. The van der Waals surface area contributed by atoms with Gasteiger partial charge in [0.05, 0.1) is 0 Å². The molecule has 0 aromatic heterocycles. The average molecular weight is 328 g/mol. The molecule has 0 radical (unpaired) electrons. The zero-order valence-electron chi connectivity index (χ0n) is 10.7. The van der Waals surface area contributed by atoms with E-state index in [0.717, 1.165) is 30.7 Å². The number of halogens is 1. The fourth-order valence-corrected chi connectivity index (χ4v) is 3.27. The molecule has 0 saturated carbocycles. The zero-order valence-corrected chi connectivity index (χ0v) is 12.3. The number of phenolic OH excluding ortho intramolecular Hbond substituents is 1. The lowest BCUT2D eigenvalue weighted by Crippen LogP contribution is -2.35. The van der Waals surface area contributed by atoms with E-state index < -0.39 is 0 Å². The van der Waals surface area contributed by atoms with Crippen LogP contribution in [0.25, 0.3) is 0 Å². The van der Waals surface area contributed by atoms with Crippen molar-refractivity contribution < 1.29 is 14.6 Å². The number of ether oxygens (including phenoxy) is 2. The molecule has 2 N–H and O–H groups in total. The van der Waals surface area contributed by atoms with Crippen LogP contribution in [0.15, 0.2) is 10.5 Å². The van der Waals surface area contributed by atoms with Crippen molar-refractivity contribution in [1.82, 2.24) is 5.32 Å². The highest BCUT2D eigenvalue weighted by Gasteiger charge is 2.23. The van der Waals surface area contributed by atoms with Gasteiger partial charge < -0.3 is 19.9 Å². The molecule has 2 aliphatic rings. The van der Waals surface area contributed by atoms with Crippen LogP contribution in [0, 0.1) is 0 Å². The van der Waals surface area contributed by atoms with Gasteiger partial charge in [0.15, 0.2) is 11.5 Å². The van der Waals surface area contributed by atoms with Gasteiger partial charge in [-0.15, -0.1) is 0 Å². The van der Waals surface area contributed by atoms with E-state index in [1.807, 2.05) is 6.07 Å². The highest BCUT2D eigenvalue weighted by atomic mass is 79.9. The number of hydrogen-bond acceptors (Lipinski definition) is 4. The Labute approximate surface area is 121 Å². The summed E-state index contributed by atoms with van der Waals surface area (Å²) in [6.07, 6.45) is 4.48. The third-order valence-electron chi connectivity index (χ3n) is 3.71. The van der Waals surface area contributed by atoms with Crippen molar-refractivity contribution >= 4 is 15.9 Å². The van der Waals surface area contributed by atoms with Gasteiger partial charge in [0.25, 0.3) is 0 Å². The van der Waals surface area contributed by atoms with E-state index >= 15 is 0 Å². The highest BCUT2D eigenvalue weighted by molar-refractivity contribution is 9.10. The van der Waals surface area contributed by atoms with E-state index in [4.69, 9.17) is 9.47 Å². The van der Waals surface area contributed by atoms with Gasteiger partial charge in [-0.1, -0.05) is 6.42 Å². The average Bonchev–Trinajstić information content (AvgIpc) is 2.46. The number of piperidine rings is 1. The molecule has 1 atom stereocenters. The molecule has 1 aromatic carbocycles. The van der Waals surface area contributed by atoms with E-state index in [1.165, 1.54) is 12.8 Å². The molecule has 1 saturated heterocycles. The van der Waals surface area contributed by atoms with Crippen molar-refractivity contribution in [3.8, 4) is 17.2 Å². The van der Waals surface area contributed by atoms with Gasteiger partial charge in [0, 0.05) is 11.6 Å². The molecule has 3 rings (SSSR count). The van der Waals surface area contributed by atoms with E-state index in [-0.39, 0.29) is 5.75 Å². The SMILES string of the molecule is Oc1c(CC2CCCCN2)cc2c(c1Br)OCCO2. The molecular weight excluding hydrogens is 310 g/mol. The van der Waals surface area contributed by atoms with Crippen LogP contribution in [0.3, 0.4) is 0 Å². The van der Waals surface area contributed by atoms with Crippen molar-refractivity contribution in [1.29, 1.82) is 0 Å². The van der Waals surface area contributed by atoms with Crippen LogP contribution in [0.1, 0.15) is 24.8 Å². The predicted octanol–water partition coefficient (Wildman–Crippen LogP) is 2.61. The topological polar surface area (TPSA) is 50.7 Å². The summed E-state index contributed by atoms with van der Waals surface area (Å²) in [5, 5.41) is 13.8. The predicted molar refractivity (Wildman–Crippen MR) is 76.1 cm³/mol. The van der Waals surface area contributed by atoms with Crippen LogP contribution >= 0.6 is 15.9 Å². The van der Waals surface area contributed by atoms with Gasteiger partial charge >= 0.3 is 0 Å². The summed E-state index contributed by atoms with van der Waals surface area (Å²) in [4.78, 5) is 0. The normalized spacial score (nSPS) is 22.3. The second kappa shape index (κ2) is 5.59. The number of rotatable bonds is 2. The summed E-state index contributed by atoms with van der Waals surface area (Å²) in [6, 6.07) is 2.35. The maximum absolute atomic E-state index is 10.3. The van der Waals surface area contributed by atoms with E-state index in [9.17, 15) is 5.11 Å². The lowest BCUT2D eigenvalue weighted by atomic mass is 9.97. The monoisotopic (exact) mass is 327 g/mol. The Morgan fingerprint density at radius 1 is 1.32 bits per heavy atom. The minimum Gasteiger partial charge on any atom is -0.506 e. The van der Waals surface area contributed by atoms with E-state index in [0.29, 0.717) is 29.5 Å². The van der Waals surface area contributed by atoms with Crippen molar-refractivity contribution in [2.24, 2.45) is 0 Å². The highest BCUT2D eigenvalue weighted by Crippen LogP contribution is 2.45. The number of benzene rings is 1. The Kier molecular flexibility index (Phi) is 3.84. The fraction of sp³-hybridized carbons (Fsp3) is 0.571. The second-order valence-corrected chi connectivity index (χ2v) is 5.87. The molecular formula is C14H18BrNO3. The summed E-state index contributed by atoms with van der Waals surface area (Å²) in [6.45, 7) is 2.15. The smallest absolute Gasteiger partial charge is 0.179 e. The first kappa shape index (κ1) is 13.1. The van der Waals surface area contributed by atoms with Gasteiger partial charge in [-0.3, -0.25) is 0 Å². The number of phenols is 1. The molecule has 104 valence electrons. The summed E-state index contributed by atoms with van der Waals surface area (Å²) in [7, 11) is 0. The van der Waals surface area contributed by atoms with Crippen LogP contribution < -0.4 is 14.8 Å². The third-order valence-corrected chi connectivity index (χ3v) is 4.44. The fourth-order valence-electron chi connectivity index (χ4n) is 2.71. The van der Waals surface area contributed by atoms with Crippen molar-refractivity contribution in [3.63, 3.8) is 0 Å².